The Morgan fingerprint density at radius 2 is 2.08 bits per heavy atom. The molecule has 0 spiro atoms. The van der Waals surface area contributed by atoms with Gasteiger partial charge < -0.3 is 4.74 Å². The molecule has 0 N–H and O–H groups in total. The van der Waals surface area contributed by atoms with Crippen LogP contribution in [0.1, 0.15) is 13.3 Å². The van der Waals surface area contributed by atoms with E-state index in [0.29, 0.717) is 12.0 Å². The molecule has 0 aromatic rings. The molecule has 0 radical (unpaired) electrons. The van der Waals surface area contributed by atoms with E-state index in [2.05, 4.69) is 11.3 Å². The summed E-state index contributed by atoms with van der Waals surface area (Å²) in [6.07, 6.45) is -2.42. The predicted octanol–water partition coefficient (Wildman–Crippen LogP) is 2.57. The number of allylic oxidation sites excluding steroid dienone is 2. The van der Waals surface area contributed by atoms with Crippen LogP contribution in [-0.2, 0) is 9.53 Å². The molecule has 0 fully saturated rings. The molecule has 0 saturated heterocycles. The minimum atomic E-state index is -4.95. The molecule has 0 amide bonds. The summed E-state index contributed by atoms with van der Waals surface area (Å²) in [5, 5.41) is 0. The fourth-order valence-corrected chi connectivity index (χ4v) is 0.472. The fourth-order valence-electron chi connectivity index (χ4n) is 0.472. The monoisotopic (exact) mass is 194 g/mol. The van der Waals surface area contributed by atoms with Gasteiger partial charge >= 0.3 is 12.1 Å². The maximum atomic E-state index is 11.6. The first-order valence-corrected chi connectivity index (χ1v) is 3.51. The lowest BCUT2D eigenvalue weighted by Gasteiger charge is -2.03. The molecule has 2 nitrogen and oxygen atoms in total. The smallest absolute Gasteiger partial charge is 0.428 e. The van der Waals surface area contributed by atoms with Crippen molar-refractivity contribution in [2.45, 2.75) is 19.5 Å². The van der Waals surface area contributed by atoms with Crippen molar-refractivity contribution in [1.82, 2.24) is 0 Å². The van der Waals surface area contributed by atoms with Crippen LogP contribution in [0.15, 0.2) is 24.5 Å². The minimum absolute atomic E-state index is 0.428. The minimum Gasteiger partial charge on any atom is -0.428 e. The first-order valence-electron chi connectivity index (χ1n) is 3.51. The highest BCUT2D eigenvalue weighted by Crippen LogP contribution is 2.17. The van der Waals surface area contributed by atoms with Crippen molar-refractivity contribution >= 4 is 5.97 Å². The lowest BCUT2D eigenvalue weighted by atomic mass is 10.2. The molecule has 0 rings (SSSR count). The van der Waals surface area contributed by atoms with Crippen molar-refractivity contribution < 1.29 is 22.7 Å². The van der Waals surface area contributed by atoms with Gasteiger partial charge in [-0.15, -0.1) is 0 Å². The molecule has 0 aliphatic heterocycles. The number of carbonyl (C=O) groups excluding carboxylic acids is 1. The molecule has 0 unspecified atom stereocenters. The molecule has 0 aromatic carbocycles. The highest BCUT2D eigenvalue weighted by molar-refractivity contribution is 5.76. The van der Waals surface area contributed by atoms with Gasteiger partial charge in [-0.1, -0.05) is 19.6 Å². The number of hydrogen-bond acceptors (Lipinski definition) is 2. The number of hydrogen-bond donors (Lipinski definition) is 0. The zero-order valence-electron chi connectivity index (χ0n) is 7.02. The molecular formula is C8H9F3O2. The largest absolute Gasteiger partial charge is 0.491 e. The number of ether oxygens (including phenoxy) is 1. The molecule has 0 aliphatic carbocycles. The molecule has 0 heterocycles. The van der Waals surface area contributed by atoms with Crippen LogP contribution in [0.5, 0.6) is 0 Å². The van der Waals surface area contributed by atoms with Gasteiger partial charge in [0.1, 0.15) is 0 Å². The van der Waals surface area contributed by atoms with Gasteiger partial charge in [0.05, 0.1) is 6.26 Å². The summed E-state index contributed by atoms with van der Waals surface area (Å²) in [5.74, 6) is -2.22. The number of esters is 1. The average molecular weight is 194 g/mol. The Balaban J connectivity index is 4.24. The zero-order chi connectivity index (χ0) is 10.5. The molecule has 13 heavy (non-hydrogen) atoms. The first kappa shape index (κ1) is 11.7. The van der Waals surface area contributed by atoms with Crippen molar-refractivity contribution in [3.8, 4) is 0 Å². The standard InChI is InChI=1S/C8H9F3O2/c1-3-6(4-2)5-13-7(12)8(9,10)11/h3,5H,1,4H2,2H3/b6-5-. The Bertz CT molecular complexity index is 228. The Labute approximate surface area is 73.7 Å². The molecular weight excluding hydrogens is 185 g/mol. The van der Waals surface area contributed by atoms with Gasteiger partial charge in [0.25, 0.3) is 0 Å². The van der Waals surface area contributed by atoms with E-state index in [4.69, 9.17) is 0 Å². The van der Waals surface area contributed by atoms with E-state index in [0.717, 1.165) is 6.26 Å². The van der Waals surface area contributed by atoms with E-state index in [9.17, 15) is 18.0 Å². The van der Waals surface area contributed by atoms with Crippen LogP contribution in [0.25, 0.3) is 0 Å². The van der Waals surface area contributed by atoms with Gasteiger partial charge in [-0.2, -0.15) is 13.2 Å². The topological polar surface area (TPSA) is 26.3 Å². The fraction of sp³-hybridized carbons (Fsp3) is 0.375. The van der Waals surface area contributed by atoms with Gasteiger partial charge in [0.15, 0.2) is 0 Å². The van der Waals surface area contributed by atoms with Gasteiger partial charge in [0.2, 0.25) is 0 Å². The quantitative estimate of drug-likeness (QED) is 0.392. The zero-order valence-corrected chi connectivity index (χ0v) is 7.02. The summed E-state index contributed by atoms with van der Waals surface area (Å²) in [4.78, 5) is 10.2. The maximum absolute atomic E-state index is 11.6. The molecule has 5 heteroatoms. The number of rotatable bonds is 3. The van der Waals surface area contributed by atoms with Crippen molar-refractivity contribution in [3.05, 3.63) is 24.5 Å². The van der Waals surface area contributed by atoms with Crippen molar-refractivity contribution in [2.24, 2.45) is 0 Å². The normalized spacial score (nSPS) is 12.5. The van der Waals surface area contributed by atoms with Crippen molar-refractivity contribution in [1.29, 1.82) is 0 Å². The number of alkyl halides is 3. The van der Waals surface area contributed by atoms with Crippen LogP contribution in [0, 0.1) is 0 Å². The van der Waals surface area contributed by atoms with E-state index in [1.165, 1.54) is 6.08 Å². The van der Waals surface area contributed by atoms with E-state index >= 15 is 0 Å². The highest BCUT2D eigenvalue weighted by atomic mass is 19.4. The van der Waals surface area contributed by atoms with Gasteiger partial charge in [-0.25, -0.2) is 4.79 Å². The lowest BCUT2D eigenvalue weighted by molar-refractivity contribution is -0.193. The summed E-state index contributed by atoms with van der Waals surface area (Å²) >= 11 is 0. The third kappa shape index (κ3) is 4.35. The van der Waals surface area contributed by atoms with E-state index in [-0.39, 0.29) is 0 Å². The van der Waals surface area contributed by atoms with Crippen LogP contribution >= 0.6 is 0 Å². The molecule has 0 atom stereocenters. The third-order valence-corrected chi connectivity index (χ3v) is 1.22. The third-order valence-electron chi connectivity index (χ3n) is 1.22. The Morgan fingerprint density at radius 1 is 1.54 bits per heavy atom. The Kier molecular flexibility index (Phi) is 4.23. The first-order chi connectivity index (χ1) is 5.91. The van der Waals surface area contributed by atoms with Gasteiger partial charge in [0, 0.05) is 0 Å². The Morgan fingerprint density at radius 3 is 2.38 bits per heavy atom. The molecule has 0 saturated carbocycles. The summed E-state index contributed by atoms with van der Waals surface area (Å²) in [6, 6.07) is 0. The van der Waals surface area contributed by atoms with E-state index in [1.807, 2.05) is 0 Å². The summed E-state index contributed by atoms with van der Waals surface area (Å²) in [7, 11) is 0. The van der Waals surface area contributed by atoms with Crippen molar-refractivity contribution in [3.63, 3.8) is 0 Å². The van der Waals surface area contributed by atoms with Crippen LogP contribution in [-0.4, -0.2) is 12.1 Å². The summed E-state index contributed by atoms with van der Waals surface area (Å²) < 4.78 is 38.6. The maximum Gasteiger partial charge on any atom is 0.491 e. The summed E-state index contributed by atoms with van der Waals surface area (Å²) in [5.41, 5.74) is 0.428. The van der Waals surface area contributed by atoms with Crippen LogP contribution in [0.2, 0.25) is 0 Å². The average Bonchev–Trinajstić information content (AvgIpc) is 2.04. The second-order valence-corrected chi connectivity index (χ2v) is 2.15. The van der Waals surface area contributed by atoms with E-state index < -0.39 is 12.1 Å². The van der Waals surface area contributed by atoms with E-state index in [1.54, 1.807) is 6.92 Å². The SMILES string of the molecule is C=C/C(=C/OC(=O)C(F)(F)F)CC. The molecule has 0 aromatic heterocycles. The molecule has 74 valence electrons. The number of halogens is 3. The van der Waals surface area contributed by atoms with Crippen LogP contribution in [0.3, 0.4) is 0 Å². The number of carbonyl (C=O) groups is 1. The Hall–Kier alpha value is -1.26. The molecule has 0 bridgehead atoms. The van der Waals surface area contributed by atoms with Gasteiger partial charge in [-0.05, 0) is 12.0 Å². The second kappa shape index (κ2) is 4.69. The van der Waals surface area contributed by atoms with Crippen LogP contribution < -0.4 is 0 Å². The summed E-state index contributed by atoms with van der Waals surface area (Å²) in [6.45, 7) is 5.03. The van der Waals surface area contributed by atoms with Gasteiger partial charge in [-0.3, -0.25) is 0 Å². The molecule has 0 aliphatic rings. The second-order valence-electron chi connectivity index (χ2n) is 2.15. The lowest BCUT2D eigenvalue weighted by Crippen LogP contribution is -2.23. The van der Waals surface area contributed by atoms with Crippen LogP contribution in [0.4, 0.5) is 13.2 Å². The van der Waals surface area contributed by atoms with Crippen molar-refractivity contribution in [2.75, 3.05) is 0 Å². The predicted molar refractivity (Wildman–Crippen MR) is 40.7 cm³/mol. The highest BCUT2D eigenvalue weighted by Gasteiger charge is 2.40.